The van der Waals surface area contributed by atoms with Crippen molar-refractivity contribution in [3.05, 3.63) is 53.6 Å². The second-order valence-electron chi connectivity index (χ2n) is 6.53. The van der Waals surface area contributed by atoms with Crippen molar-refractivity contribution in [1.29, 1.82) is 0 Å². The topological polar surface area (TPSA) is 99.6 Å². The lowest BCUT2D eigenvalue weighted by Crippen LogP contribution is -2.40. The SMILES string of the molecule is CC(CC1CNCCO1)Oc1ccccc1C(=O)c1ccc(N)c(N)c1. The van der Waals surface area contributed by atoms with E-state index >= 15 is 0 Å². The van der Waals surface area contributed by atoms with Crippen molar-refractivity contribution in [3.63, 3.8) is 0 Å². The van der Waals surface area contributed by atoms with Gasteiger partial charge < -0.3 is 26.3 Å². The molecule has 5 N–H and O–H groups in total. The first-order valence-corrected chi connectivity index (χ1v) is 8.82. The molecule has 1 aliphatic heterocycles. The smallest absolute Gasteiger partial charge is 0.196 e. The summed E-state index contributed by atoms with van der Waals surface area (Å²) in [5, 5.41) is 3.31. The summed E-state index contributed by atoms with van der Waals surface area (Å²) >= 11 is 0. The minimum absolute atomic E-state index is 0.0784. The average molecular weight is 355 g/mol. The molecule has 3 rings (SSSR count). The first kappa shape index (κ1) is 18.2. The van der Waals surface area contributed by atoms with Gasteiger partial charge in [-0.3, -0.25) is 4.79 Å². The number of hydrogen-bond acceptors (Lipinski definition) is 6. The van der Waals surface area contributed by atoms with E-state index in [2.05, 4.69) is 5.32 Å². The van der Waals surface area contributed by atoms with Gasteiger partial charge in [-0.05, 0) is 37.3 Å². The van der Waals surface area contributed by atoms with Crippen LogP contribution in [-0.2, 0) is 4.74 Å². The van der Waals surface area contributed by atoms with Gasteiger partial charge >= 0.3 is 0 Å². The number of nitrogens with one attached hydrogen (secondary N) is 1. The molecule has 0 aromatic heterocycles. The van der Waals surface area contributed by atoms with Gasteiger partial charge in [-0.2, -0.15) is 0 Å². The maximum atomic E-state index is 12.9. The van der Waals surface area contributed by atoms with Gasteiger partial charge in [0.05, 0.1) is 35.8 Å². The number of carbonyl (C=O) groups excluding carboxylic acids is 1. The fraction of sp³-hybridized carbons (Fsp3) is 0.350. The number of anilines is 2. The number of morpholine rings is 1. The van der Waals surface area contributed by atoms with E-state index in [1.165, 1.54) is 0 Å². The number of ketones is 1. The highest BCUT2D eigenvalue weighted by Crippen LogP contribution is 2.26. The van der Waals surface area contributed by atoms with Crippen molar-refractivity contribution < 1.29 is 14.3 Å². The molecule has 1 aliphatic rings. The molecule has 0 amide bonds. The molecule has 1 fully saturated rings. The second kappa shape index (κ2) is 8.21. The highest BCUT2D eigenvalue weighted by molar-refractivity contribution is 6.11. The molecule has 0 aliphatic carbocycles. The van der Waals surface area contributed by atoms with E-state index in [1.54, 1.807) is 24.3 Å². The number of para-hydroxylation sites is 1. The average Bonchev–Trinajstić information content (AvgIpc) is 2.64. The zero-order chi connectivity index (χ0) is 18.5. The number of rotatable bonds is 6. The van der Waals surface area contributed by atoms with Crippen LogP contribution in [0.15, 0.2) is 42.5 Å². The van der Waals surface area contributed by atoms with Crippen LogP contribution < -0.4 is 21.5 Å². The van der Waals surface area contributed by atoms with Gasteiger partial charge in [0.1, 0.15) is 5.75 Å². The van der Waals surface area contributed by atoms with Gasteiger partial charge in [0.25, 0.3) is 0 Å². The summed E-state index contributed by atoms with van der Waals surface area (Å²) in [6.45, 7) is 4.40. The van der Waals surface area contributed by atoms with E-state index in [1.807, 2.05) is 25.1 Å². The lowest BCUT2D eigenvalue weighted by molar-refractivity contribution is 0.00328. The van der Waals surface area contributed by atoms with E-state index in [0.29, 0.717) is 34.9 Å². The highest BCUT2D eigenvalue weighted by Gasteiger charge is 2.20. The summed E-state index contributed by atoms with van der Waals surface area (Å²) in [4.78, 5) is 12.9. The number of benzene rings is 2. The molecule has 0 bridgehead atoms. The molecule has 6 heteroatoms. The third-order valence-electron chi connectivity index (χ3n) is 4.41. The van der Waals surface area contributed by atoms with Gasteiger partial charge in [0, 0.05) is 25.1 Å². The van der Waals surface area contributed by atoms with Crippen LogP contribution in [0.25, 0.3) is 0 Å². The molecular formula is C20H25N3O3. The summed E-state index contributed by atoms with van der Waals surface area (Å²) in [5.74, 6) is 0.416. The molecule has 26 heavy (non-hydrogen) atoms. The Morgan fingerprint density at radius 1 is 1.27 bits per heavy atom. The Bertz CT molecular complexity index is 773. The van der Waals surface area contributed by atoms with Gasteiger partial charge in [0.2, 0.25) is 0 Å². The fourth-order valence-corrected chi connectivity index (χ4v) is 3.03. The summed E-state index contributed by atoms with van der Waals surface area (Å²) in [6, 6.07) is 12.2. The van der Waals surface area contributed by atoms with E-state index in [9.17, 15) is 4.79 Å². The molecule has 2 aromatic rings. The third-order valence-corrected chi connectivity index (χ3v) is 4.41. The third kappa shape index (κ3) is 4.33. The highest BCUT2D eigenvalue weighted by atomic mass is 16.5. The van der Waals surface area contributed by atoms with Crippen LogP contribution in [0, 0.1) is 0 Å². The Balaban J connectivity index is 1.74. The summed E-state index contributed by atoms with van der Waals surface area (Å²) < 4.78 is 11.8. The molecular weight excluding hydrogens is 330 g/mol. The minimum atomic E-state index is -0.143. The van der Waals surface area contributed by atoms with E-state index < -0.39 is 0 Å². The Morgan fingerprint density at radius 3 is 2.81 bits per heavy atom. The number of hydrogen-bond donors (Lipinski definition) is 3. The van der Waals surface area contributed by atoms with Gasteiger partial charge in [0.15, 0.2) is 5.78 Å². The monoisotopic (exact) mass is 355 g/mol. The van der Waals surface area contributed by atoms with Gasteiger partial charge in [-0.25, -0.2) is 0 Å². The zero-order valence-electron chi connectivity index (χ0n) is 14.9. The van der Waals surface area contributed by atoms with E-state index in [0.717, 1.165) is 19.5 Å². The summed E-state index contributed by atoms with van der Waals surface area (Å²) in [6.07, 6.45) is 0.800. The van der Waals surface area contributed by atoms with E-state index in [-0.39, 0.29) is 18.0 Å². The van der Waals surface area contributed by atoms with Crippen LogP contribution in [0.5, 0.6) is 5.75 Å². The molecule has 0 saturated carbocycles. The van der Waals surface area contributed by atoms with Crippen molar-refractivity contribution in [2.24, 2.45) is 0 Å². The Morgan fingerprint density at radius 2 is 2.08 bits per heavy atom. The lowest BCUT2D eigenvalue weighted by atomic mass is 10.0. The van der Waals surface area contributed by atoms with Crippen LogP contribution in [0.3, 0.4) is 0 Å². The van der Waals surface area contributed by atoms with Gasteiger partial charge in [-0.1, -0.05) is 12.1 Å². The molecule has 0 spiro atoms. The Labute approximate surface area is 153 Å². The van der Waals surface area contributed by atoms with Crippen molar-refractivity contribution in [2.75, 3.05) is 31.2 Å². The number of ether oxygens (including phenoxy) is 2. The number of carbonyl (C=O) groups is 1. The molecule has 0 radical (unpaired) electrons. The molecule has 2 unspecified atom stereocenters. The maximum absolute atomic E-state index is 12.9. The maximum Gasteiger partial charge on any atom is 0.196 e. The van der Waals surface area contributed by atoms with Crippen molar-refractivity contribution in [1.82, 2.24) is 5.32 Å². The molecule has 1 heterocycles. The standard InChI is InChI=1S/C20H25N3O3/c1-13(10-15-12-23-8-9-25-15)26-19-5-3-2-4-16(19)20(24)14-6-7-17(21)18(22)11-14/h2-7,11,13,15,23H,8-10,12,21-22H2,1H3. The largest absolute Gasteiger partial charge is 0.490 e. The summed E-state index contributed by atoms with van der Waals surface area (Å²) in [5.41, 5.74) is 13.4. The Hall–Kier alpha value is -2.57. The minimum Gasteiger partial charge on any atom is -0.490 e. The molecule has 138 valence electrons. The molecule has 1 saturated heterocycles. The first-order chi connectivity index (χ1) is 12.5. The van der Waals surface area contributed by atoms with Gasteiger partial charge in [-0.15, -0.1) is 0 Å². The van der Waals surface area contributed by atoms with Crippen LogP contribution in [-0.4, -0.2) is 37.7 Å². The first-order valence-electron chi connectivity index (χ1n) is 8.82. The van der Waals surface area contributed by atoms with Crippen molar-refractivity contribution >= 4 is 17.2 Å². The molecule has 2 aromatic carbocycles. The fourth-order valence-electron chi connectivity index (χ4n) is 3.03. The predicted molar refractivity (Wildman–Crippen MR) is 102 cm³/mol. The Kier molecular flexibility index (Phi) is 5.75. The summed E-state index contributed by atoms with van der Waals surface area (Å²) in [7, 11) is 0. The van der Waals surface area contributed by atoms with Crippen molar-refractivity contribution in [2.45, 2.75) is 25.6 Å². The zero-order valence-corrected chi connectivity index (χ0v) is 14.9. The van der Waals surface area contributed by atoms with Crippen LogP contribution in [0.1, 0.15) is 29.3 Å². The second-order valence-corrected chi connectivity index (χ2v) is 6.53. The lowest BCUT2D eigenvalue weighted by Gasteiger charge is -2.26. The van der Waals surface area contributed by atoms with Crippen LogP contribution in [0.2, 0.25) is 0 Å². The number of nitrogen functional groups attached to an aromatic ring is 2. The van der Waals surface area contributed by atoms with Crippen LogP contribution in [0.4, 0.5) is 11.4 Å². The predicted octanol–water partition coefficient (Wildman–Crippen LogP) is 2.23. The molecule has 2 atom stereocenters. The molecule has 6 nitrogen and oxygen atoms in total. The van der Waals surface area contributed by atoms with Crippen LogP contribution >= 0.6 is 0 Å². The quantitative estimate of drug-likeness (QED) is 0.543. The van der Waals surface area contributed by atoms with Crippen molar-refractivity contribution in [3.8, 4) is 5.75 Å². The number of nitrogens with two attached hydrogens (primary N) is 2. The normalized spacial score (nSPS) is 18.3. The van der Waals surface area contributed by atoms with E-state index in [4.69, 9.17) is 20.9 Å².